The number of hydrogen-bond donors (Lipinski definition) is 2. The lowest BCUT2D eigenvalue weighted by Crippen LogP contribution is -2.40. The average Bonchev–Trinajstić information content (AvgIpc) is 3.05. The molecule has 0 aliphatic carbocycles. The van der Waals surface area contributed by atoms with Gasteiger partial charge in [0.15, 0.2) is 11.6 Å². The Kier molecular flexibility index (Phi) is 5.26. The minimum Gasteiger partial charge on any atom is -0.494 e. The van der Waals surface area contributed by atoms with Crippen LogP contribution in [0.5, 0.6) is 5.75 Å². The van der Waals surface area contributed by atoms with Crippen molar-refractivity contribution < 1.29 is 18.7 Å². The van der Waals surface area contributed by atoms with Crippen molar-refractivity contribution in [2.24, 2.45) is 0 Å². The first-order valence-electron chi connectivity index (χ1n) is 6.25. The number of carbonyl (C=O) groups excluding carboxylic acids is 2. The number of thiophene rings is 1. The van der Waals surface area contributed by atoms with Gasteiger partial charge in [0.2, 0.25) is 0 Å². The molecule has 114 valence electrons. The molecule has 0 atom stereocenters. The summed E-state index contributed by atoms with van der Waals surface area (Å²) in [6.07, 6.45) is 2.62. The van der Waals surface area contributed by atoms with Crippen LogP contribution in [0.4, 0.5) is 4.39 Å². The Balaban J connectivity index is 1.89. The Morgan fingerprint density at radius 2 is 2.09 bits per heavy atom. The second-order valence-corrected chi connectivity index (χ2v) is 5.10. The molecule has 0 aliphatic rings. The zero-order valence-corrected chi connectivity index (χ0v) is 12.4. The van der Waals surface area contributed by atoms with E-state index in [1.54, 1.807) is 23.6 Å². The summed E-state index contributed by atoms with van der Waals surface area (Å²) in [6, 6.07) is 7.69. The molecule has 0 bridgehead atoms. The topological polar surface area (TPSA) is 67.4 Å². The maximum atomic E-state index is 13.5. The van der Waals surface area contributed by atoms with Gasteiger partial charge in [0.1, 0.15) is 0 Å². The molecule has 7 heteroatoms. The van der Waals surface area contributed by atoms with Gasteiger partial charge in [-0.25, -0.2) is 4.39 Å². The third-order valence-corrected chi connectivity index (χ3v) is 3.52. The summed E-state index contributed by atoms with van der Waals surface area (Å²) in [7, 11) is 1.37. The van der Waals surface area contributed by atoms with Gasteiger partial charge in [0.05, 0.1) is 12.0 Å². The predicted octanol–water partition coefficient (Wildman–Crippen LogP) is 2.37. The molecule has 2 amide bonds. The van der Waals surface area contributed by atoms with Gasteiger partial charge in [-0.2, -0.15) is 0 Å². The lowest BCUT2D eigenvalue weighted by Gasteiger charge is -2.03. The van der Waals surface area contributed by atoms with E-state index < -0.39 is 17.6 Å². The average molecular weight is 320 g/mol. The molecule has 0 aliphatic heterocycles. The third kappa shape index (κ3) is 4.16. The van der Waals surface area contributed by atoms with Gasteiger partial charge < -0.3 is 4.74 Å². The molecule has 0 radical (unpaired) electrons. The molecule has 1 aromatic heterocycles. The number of nitrogens with one attached hydrogen (secondary N) is 2. The lowest BCUT2D eigenvalue weighted by atomic mass is 10.2. The van der Waals surface area contributed by atoms with Gasteiger partial charge in [0, 0.05) is 6.08 Å². The summed E-state index contributed by atoms with van der Waals surface area (Å²) in [5, 5.41) is 1.76. The molecule has 1 aromatic carbocycles. The Morgan fingerprint density at radius 1 is 1.27 bits per heavy atom. The molecule has 2 N–H and O–H groups in total. The standard InChI is InChI=1S/C15H13FN2O3S/c1-21-12-6-4-10(9-11(12)16)5-7-14(19)17-18-15(20)13-3-2-8-22-13/h2-9H,1H3,(H,17,19)(H,18,20)/b7-5+. The van der Waals surface area contributed by atoms with E-state index in [4.69, 9.17) is 4.74 Å². The number of ether oxygens (including phenoxy) is 1. The predicted molar refractivity (Wildman–Crippen MR) is 81.9 cm³/mol. The van der Waals surface area contributed by atoms with E-state index in [0.717, 1.165) is 0 Å². The SMILES string of the molecule is COc1ccc(/C=C/C(=O)NNC(=O)c2cccs2)cc1F. The fourth-order valence-corrected chi connectivity index (χ4v) is 2.21. The smallest absolute Gasteiger partial charge is 0.279 e. The fraction of sp³-hybridized carbons (Fsp3) is 0.0667. The van der Waals surface area contributed by atoms with Crippen LogP contribution in [0.15, 0.2) is 41.8 Å². The molecule has 1 heterocycles. The van der Waals surface area contributed by atoms with E-state index in [2.05, 4.69) is 10.9 Å². The molecule has 22 heavy (non-hydrogen) atoms. The second-order valence-electron chi connectivity index (χ2n) is 4.15. The van der Waals surface area contributed by atoms with Gasteiger partial charge in [0.25, 0.3) is 11.8 Å². The molecule has 2 rings (SSSR count). The zero-order chi connectivity index (χ0) is 15.9. The Hall–Kier alpha value is -2.67. The first kappa shape index (κ1) is 15.7. The summed E-state index contributed by atoms with van der Waals surface area (Å²) in [5.74, 6) is -1.31. The highest BCUT2D eigenvalue weighted by atomic mass is 32.1. The van der Waals surface area contributed by atoms with Crippen LogP contribution in [0.2, 0.25) is 0 Å². The van der Waals surface area contributed by atoms with Crippen LogP contribution in [0.1, 0.15) is 15.2 Å². The van der Waals surface area contributed by atoms with Crippen LogP contribution in [-0.4, -0.2) is 18.9 Å². The fourth-order valence-electron chi connectivity index (χ4n) is 1.59. The van der Waals surface area contributed by atoms with E-state index in [1.807, 2.05) is 0 Å². The van der Waals surface area contributed by atoms with Crippen molar-refractivity contribution in [2.45, 2.75) is 0 Å². The highest BCUT2D eigenvalue weighted by molar-refractivity contribution is 7.12. The van der Waals surface area contributed by atoms with Crippen LogP contribution in [0.3, 0.4) is 0 Å². The monoisotopic (exact) mass is 320 g/mol. The summed E-state index contributed by atoms with van der Waals surface area (Å²) in [5.41, 5.74) is 5.02. The Labute approximate surface area is 130 Å². The number of hydrazine groups is 1. The third-order valence-electron chi connectivity index (χ3n) is 2.65. The molecule has 0 unspecified atom stereocenters. The largest absolute Gasteiger partial charge is 0.494 e. The van der Waals surface area contributed by atoms with Crippen LogP contribution in [0, 0.1) is 5.82 Å². The number of carbonyl (C=O) groups is 2. The summed E-state index contributed by atoms with van der Waals surface area (Å²) < 4.78 is 18.3. The Bertz CT molecular complexity index is 699. The van der Waals surface area contributed by atoms with Gasteiger partial charge in [-0.1, -0.05) is 12.1 Å². The number of halogens is 1. The minimum atomic E-state index is -0.527. The lowest BCUT2D eigenvalue weighted by molar-refractivity contribution is -0.117. The number of rotatable bonds is 4. The van der Waals surface area contributed by atoms with Crippen LogP contribution >= 0.6 is 11.3 Å². The van der Waals surface area contributed by atoms with E-state index in [1.165, 1.54) is 42.7 Å². The summed E-state index contributed by atoms with van der Waals surface area (Å²) in [4.78, 5) is 23.7. The molecular formula is C15H13FN2O3S. The van der Waals surface area contributed by atoms with Crippen LogP contribution < -0.4 is 15.6 Å². The van der Waals surface area contributed by atoms with Crippen molar-refractivity contribution >= 4 is 29.2 Å². The number of methoxy groups -OCH3 is 1. The van der Waals surface area contributed by atoms with Crippen LogP contribution in [-0.2, 0) is 4.79 Å². The molecule has 0 fully saturated rings. The van der Waals surface area contributed by atoms with Gasteiger partial charge >= 0.3 is 0 Å². The highest BCUT2D eigenvalue weighted by Gasteiger charge is 2.06. The molecule has 0 saturated heterocycles. The van der Waals surface area contributed by atoms with E-state index in [-0.39, 0.29) is 5.75 Å². The maximum absolute atomic E-state index is 13.5. The quantitative estimate of drug-likeness (QED) is 0.671. The van der Waals surface area contributed by atoms with Gasteiger partial charge in [-0.05, 0) is 35.2 Å². The van der Waals surface area contributed by atoms with E-state index in [0.29, 0.717) is 10.4 Å². The van der Waals surface area contributed by atoms with Crippen molar-refractivity contribution in [1.29, 1.82) is 0 Å². The van der Waals surface area contributed by atoms with Crippen molar-refractivity contribution in [3.05, 3.63) is 58.0 Å². The van der Waals surface area contributed by atoms with E-state index in [9.17, 15) is 14.0 Å². The highest BCUT2D eigenvalue weighted by Crippen LogP contribution is 2.18. The Morgan fingerprint density at radius 3 is 2.73 bits per heavy atom. The first-order chi connectivity index (χ1) is 10.6. The van der Waals surface area contributed by atoms with Crippen molar-refractivity contribution in [3.63, 3.8) is 0 Å². The molecule has 0 spiro atoms. The molecule has 0 saturated carbocycles. The van der Waals surface area contributed by atoms with Gasteiger partial charge in [-0.15, -0.1) is 11.3 Å². The summed E-state index contributed by atoms with van der Waals surface area (Å²) in [6.45, 7) is 0. The minimum absolute atomic E-state index is 0.129. The van der Waals surface area contributed by atoms with Crippen LogP contribution in [0.25, 0.3) is 6.08 Å². The van der Waals surface area contributed by atoms with Crippen molar-refractivity contribution in [3.8, 4) is 5.75 Å². The maximum Gasteiger partial charge on any atom is 0.279 e. The van der Waals surface area contributed by atoms with Crippen molar-refractivity contribution in [2.75, 3.05) is 7.11 Å². The number of hydrogen-bond acceptors (Lipinski definition) is 4. The molecular weight excluding hydrogens is 307 g/mol. The van der Waals surface area contributed by atoms with Crippen molar-refractivity contribution in [1.82, 2.24) is 10.9 Å². The zero-order valence-electron chi connectivity index (χ0n) is 11.6. The van der Waals surface area contributed by atoms with Gasteiger partial charge in [-0.3, -0.25) is 20.4 Å². The number of amides is 2. The number of benzene rings is 1. The van der Waals surface area contributed by atoms with E-state index >= 15 is 0 Å². The normalized spacial score (nSPS) is 10.5. The molecule has 2 aromatic rings. The molecule has 5 nitrogen and oxygen atoms in total. The summed E-state index contributed by atoms with van der Waals surface area (Å²) >= 11 is 1.26. The second kappa shape index (κ2) is 7.37. The first-order valence-corrected chi connectivity index (χ1v) is 7.13.